The zero-order valence-corrected chi connectivity index (χ0v) is 15.8. The van der Waals surface area contributed by atoms with E-state index in [-0.39, 0.29) is 0 Å². The van der Waals surface area contributed by atoms with E-state index in [0.717, 1.165) is 33.4 Å². The molecule has 1 aliphatic carbocycles. The van der Waals surface area contributed by atoms with Crippen LogP contribution in [0.4, 0.5) is 0 Å². The Bertz CT molecular complexity index is 848. The number of rotatable bonds is 3. The van der Waals surface area contributed by atoms with E-state index in [1.165, 1.54) is 24.8 Å². The van der Waals surface area contributed by atoms with Gasteiger partial charge in [-0.15, -0.1) is 0 Å². The number of benzene rings is 1. The van der Waals surface area contributed by atoms with Crippen LogP contribution in [0, 0.1) is 20.8 Å². The minimum Gasteiger partial charge on any atom is -0.324 e. The van der Waals surface area contributed by atoms with E-state index in [2.05, 4.69) is 29.5 Å². The van der Waals surface area contributed by atoms with Gasteiger partial charge in [-0.25, -0.2) is 4.98 Å². The van der Waals surface area contributed by atoms with Crippen LogP contribution in [0.3, 0.4) is 0 Å². The van der Waals surface area contributed by atoms with Crippen LogP contribution in [0.2, 0.25) is 5.02 Å². The molecule has 1 saturated carbocycles. The molecule has 0 unspecified atom stereocenters. The number of aromatic nitrogens is 3. The molecule has 130 valence electrons. The lowest BCUT2D eigenvalue weighted by molar-refractivity contribution is 0.776. The predicted octanol–water partition coefficient (Wildman–Crippen LogP) is 5.74. The lowest BCUT2D eigenvalue weighted by Crippen LogP contribution is -2.05. The van der Waals surface area contributed by atoms with Gasteiger partial charge in [0.25, 0.3) is 0 Å². The Labute approximate surface area is 154 Å². The van der Waals surface area contributed by atoms with Crippen molar-refractivity contribution in [1.29, 1.82) is 0 Å². The predicted molar refractivity (Wildman–Crippen MR) is 104 cm³/mol. The largest absolute Gasteiger partial charge is 0.324 e. The molecule has 1 fully saturated rings. The van der Waals surface area contributed by atoms with E-state index in [1.54, 1.807) is 6.20 Å². The van der Waals surface area contributed by atoms with Gasteiger partial charge in [0.05, 0.1) is 12.2 Å². The Morgan fingerprint density at radius 3 is 2.48 bits per heavy atom. The molecule has 0 amide bonds. The number of aryl methyl sites for hydroxylation is 2. The van der Waals surface area contributed by atoms with Gasteiger partial charge in [0.15, 0.2) is 0 Å². The molecule has 0 saturated heterocycles. The molecule has 0 bridgehead atoms. The van der Waals surface area contributed by atoms with Gasteiger partial charge in [0, 0.05) is 28.7 Å². The first-order chi connectivity index (χ1) is 12.1. The Kier molecular flexibility index (Phi) is 5.54. The quantitative estimate of drug-likeness (QED) is 0.600. The maximum atomic E-state index is 6.36. The van der Waals surface area contributed by atoms with Crippen LogP contribution < -0.4 is 0 Å². The standard InChI is InChI=1S/C18H18ClN3.C3H6/c1-12-6-7-17(19)16(9-12)11-22-14(3)13(2)21-18(22)15-5-4-8-20-10-15;1-2-3-1/h4-10H,11H2,1-3H3;1-3H2. The molecular formula is C21H24ClN3. The molecule has 1 aromatic carbocycles. The highest BCUT2D eigenvalue weighted by Crippen LogP contribution is 2.25. The fourth-order valence-electron chi connectivity index (χ4n) is 2.56. The number of nitrogens with zero attached hydrogens (tertiary/aromatic N) is 3. The number of pyridine rings is 1. The van der Waals surface area contributed by atoms with Gasteiger partial charge < -0.3 is 4.57 Å². The Hall–Kier alpha value is -2.13. The zero-order valence-electron chi connectivity index (χ0n) is 15.1. The highest BCUT2D eigenvalue weighted by molar-refractivity contribution is 6.31. The molecule has 4 rings (SSSR count). The summed E-state index contributed by atoms with van der Waals surface area (Å²) in [5.41, 5.74) is 5.51. The smallest absolute Gasteiger partial charge is 0.142 e. The molecule has 2 aromatic heterocycles. The van der Waals surface area contributed by atoms with Crippen LogP contribution in [0.15, 0.2) is 42.7 Å². The SMILES string of the molecule is C1CC1.Cc1ccc(Cl)c(Cn2c(-c3cccnc3)nc(C)c2C)c1. The van der Waals surface area contributed by atoms with Gasteiger partial charge in [-0.1, -0.05) is 48.6 Å². The third-order valence-electron chi connectivity index (χ3n) is 4.26. The average molecular weight is 354 g/mol. The third-order valence-corrected chi connectivity index (χ3v) is 4.63. The van der Waals surface area contributed by atoms with Gasteiger partial charge in [0.1, 0.15) is 5.82 Å². The lowest BCUT2D eigenvalue weighted by atomic mass is 10.1. The van der Waals surface area contributed by atoms with Crippen molar-refractivity contribution >= 4 is 11.6 Å². The first-order valence-electron chi connectivity index (χ1n) is 8.75. The summed E-state index contributed by atoms with van der Waals surface area (Å²) < 4.78 is 2.20. The number of hydrogen-bond acceptors (Lipinski definition) is 2. The van der Waals surface area contributed by atoms with Gasteiger partial charge in [-0.2, -0.15) is 0 Å². The van der Waals surface area contributed by atoms with E-state index in [9.17, 15) is 0 Å². The molecule has 0 atom stereocenters. The highest BCUT2D eigenvalue weighted by atomic mass is 35.5. The summed E-state index contributed by atoms with van der Waals surface area (Å²) in [6.45, 7) is 6.90. The molecule has 0 radical (unpaired) electrons. The number of hydrogen-bond donors (Lipinski definition) is 0. The molecular weight excluding hydrogens is 330 g/mol. The van der Waals surface area contributed by atoms with Crippen LogP contribution in [0.25, 0.3) is 11.4 Å². The van der Waals surface area contributed by atoms with E-state index < -0.39 is 0 Å². The summed E-state index contributed by atoms with van der Waals surface area (Å²) in [7, 11) is 0. The first kappa shape index (κ1) is 17.7. The number of imidazole rings is 1. The second-order valence-electron chi connectivity index (χ2n) is 6.59. The van der Waals surface area contributed by atoms with Gasteiger partial charge in [-0.05, 0) is 44.5 Å². The van der Waals surface area contributed by atoms with Crippen molar-refractivity contribution in [3.63, 3.8) is 0 Å². The van der Waals surface area contributed by atoms with Crippen LogP contribution in [-0.4, -0.2) is 14.5 Å². The molecule has 0 aliphatic heterocycles. The highest BCUT2D eigenvalue weighted by Gasteiger charge is 2.14. The molecule has 2 heterocycles. The second-order valence-corrected chi connectivity index (χ2v) is 7.00. The van der Waals surface area contributed by atoms with Crippen molar-refractivity contribution in [3.8, 4) is 11.4 Å². The first-order valence-corrected chi connectivity index (χ1v) is 9.13. The maximum Gasteiger partial charge on any atom is 0.142 e. The monoisotopic (exact) mass is 353 g/mol. The minimum absolute atomic E-state index is 0.706. The zero-order chi connectivity index (χ0) is 17.8. The van der Waals surface area contributed by atoms with Gasteiger partial charge in [0.2, 0.25) is 0 Å². The normalized spacial score (nSPS) is 12.5. The lowest BCUT2D eigenvalue weighted by Gasteiger charge is -2.12. The van der Waals surface area contributed by atoms with Gasteiger partial charge in [-0.3, -0.25) is 4.98 Å². The summed E-state index contributed by atoms with van der Waals surface area (Å²) in [6, 6.07) is 10.1. The summed E-state index contributed by atoms with van der Waals surface area (Å²) in [5, 5.41) is 0.786. The molecule has 1 aliphatic rings. The Balaban J connectivity index is 0.000000549. The summed E-state index contributed by atoms with van der Waals surface area (Å²) >= 11 is 6.36. The van der Waals surface area contributed by atoms with Crippen LogP contribution in [0.1, 0.15) is 41.8 Å². The average Bonchev–Trinajstić information content (AvgIpc) is 3.47. The van der Waals surface area contributed by atoms with Crippen LogP contribution in [0.5, 0.6) is 0 Å². The van der Waals surface area contributed by atoms with Crippen molar-refractivity contribution < 1.29 is 0 Å². The van der Waals surface area contributed by atoms with Crippen molar-refractivity contribution in [1.82, 2.24) is 14.5 Å². The fourth-order valence-corrected chi connectivity index (χ4v) is 2.74. The van der Waals surface area contributed by atoms with E-state index in [1.807, 2.05) is 37.4 Å². The summed E-state index contributed by atoms with van der Waals surface area (Å²) in [5.74, 6) is 0.931. The van der Waals surface area contributed by atoms with Crippen molar-refractivity contribution in [3.05, 3.63) is 70.3 Å². The van der Waals surface area contributed by atoms with Crippen molar-refractivity contribution in [2.75, 3.05) is 0 Å². The topological polar surface area (TPSA) is 30.7 Å². The molecule has 3 aromatic rings. The molecule has 0 spiro atoms. The van der Waals surface area contributed by atoms with E-state index in [4.69, 9.17) is 16.6 Å². The number of halogens is 1. The van der Waals surface area contributed by atoms with Crippen LogP contribution in [-0.2, 0) is 6.54 Å². The van der Waals surface area contributed by atoms with Crippen molar-refractivity contribution in [2.24, 2.45) is 0 Å². The van der Waals surface area contributed by atoms with Crippen LogP contribution >= 0.6 is 11.6 Å². The Morgan fingerprint density at radius 2 is 1.84 bits per heavy atom. The molecule has 3 nitrogen and oxygen atoms in total. The van der Waals surface area contributed by atoms with Gasteiger partial charge >= 0.3 is 0 Å². The summed E-state index contributed by atoms with van der Waals surface area (Å²) in [4.78, 5) is 8.91. The van der Waals surface area contributed by atoms with E-state index in [0.29, 0.717) is 6.54 Å². The molecule has 0 N–H and O–H groups in total. The minimum atomic E-state index is 0.706. The second kappa shape index (κ2) is 7.83. The Morgan fingerprint density at radius 1 is 1.08 bits per heavy atom. The molecule has 4 heteroatoms. The third kappa shape index (κ3) is 4.49. The maximum absolute atomic E-state index is 6.36. The summed E-state index contributed by atoms with van der Waals surface area (Å²) in [6.07, 6.45) is 8.11. The molecule has 25 heavy (non-hydrogen) atoms. The van der Waals surface area contributed by atoms with Crippen molar-refractivity contribution in [2.45, 2.75) is 46.6 Å². The van der Waals surface area contributed by atoms with E-state index >= 15 is 0 Å². The fraction of sp³-hybridized carbons (Fsp3) is 0.333.